The maximum atomic E-state index is 13.3. The Morgan fingerprint density at radius 2 is 1.41 bits per heavy atom. The molecule has 8 heteroatoms. The summed E-state index contributed by atoms with van der Waals surface area (Å²) in [7, 11) is 3.00. The Morgan fingerprint density at radius 1 is 0.824 bits per heavy atom. The number of ether oxygens (including phenoxy) is 5. The van der Waals surface area contributed by atoms with E-state index in [1.54, 1.807) is 6.07 Å². The summed E-state index contributed by atoms with van der Waals surface area (Å²) in [4.78, 5) is 13.3. The van der Waals surface area contributed by atoms with Gasteiger partial charge >= 0.3 is 0 Å². The van der Waals surface area contributed by atoms with Crippen molar-refractivity contribution in [3.8, 4) is 11.5 Å². The number of halogens is 1. The summed E-state index contributed by atoms with van der Waals surface area (Å²) in [6.45, 7) is 0.671. The summed E-state index contributed by atoms with van der Waals surface area (Å²) in [6, 6.07) is 20.9. The van der Waals surface area contributed by atoms with Crippen LogP contribution in [0.1, 0.15) is 27.0 Å². The standard InChI is InChI=1S/C26H28ClNO6/c1-30-17-33-22-13-23(34-18-31-2)25(27)21(16-32-15-20-11-7-4-8-12-20)24(22)26(29)28-14-19-9-5-3-6-10-19/h3-13H,14-18H2,1-2H3,(H,28,29). The first-order valence-corrected chi connectivity index (χ1v) is 11.0. The molecule has 0 fully saturated rings. The smallest absolute Gasteiger partial charge is 0.255 e. The fourth-order valence-electron chi connectivity index (χ4n) is 3.22. The molecule has 0 aliphatic heterocycles. The van der Waals surface area contributed by atoms with Gasteiger partial charge in [0.05, 0.1) is 23.8 Å². The Bertz CT molecular complexity index is 1050. The van der Waals surface area contributed by atoms with E-state index in [4.69, 9.17) is 35.3 Å². The topological polar surface area (TPSA) is 75.2 Å². The Kier molecular flexibility index (Phi) is 10.2. The number of hydrogen-bond acceptors (Lipinski definition) is 6. The molecule has 34 heavy (non-hydrogen) atoms. The van der Waals surface area contributed by atoms with Gasteiger partial charge in [-0.2, -0.15) is 0 Å². The predicted octanol–water partition coefficient (Wildman–Crippen LogP) is 4.95. The van der Waals surface area contributed by atoms with Crippen molar-refractivity contribution >= 4 is 17.5 Å². The van der Waals surface area contributed by atoms with Gasteiger partial charge in [-0.1, -0.05) is 72.3 Å². The van der Waals surface area contributed by atoms with Crippen molar-refractivity contribution in [3.05, 3.63) is 94.0 Å². The van der Waals surface area contributed by atoms with Gasteiger partial charge in [0, 0.05) is 32.4 Å². The Hall–Kier alpha value is -3.10. The van der Waals surface area contributed by atoms with Crippen LogP contribution in [0.25, 0.3) is 0 Å². The zero-order chi connectivity index (χ0) is 24.2. The zero-order valence-corrected chi connectivity index (χ0v) is 20.0. The SMILES string of the molecule is COCOc1cc(OCOC)c(C(=O)NCc2ccccc2)c(COCc2ccccc2)c1Cl. The number of hydrogen-bond donors (Lipinski definition) is 1. The molecule has 0 spiro atoms. The van der Waals surface area contributed by atoms with E-state index in [1.807, 2.05) is 60.7 Å². The van der Waals surface area contributed by atoms with E-state index < -0.39 is 0 Å². The molecule has 0 heterocycles. The second-order valence-electron chi connectivity index (χ2n) is 7.29. The van der Waals surface area contributed by atoms with Crippen LogP contribution < -0.4 is 14.8 Å². The van der Waals surface area contributed by atoms with E-state index in [1.165, 1.54) is 14.2 Å². The first-order valence-electron chi connectivity index (χ1n) is 10.7. The molecule has 0 saturated heterocycles. The molecule has 0 unspecified atom stereocenters. The lowest BCUT2D eigenvalue weighted by molar-refractivity contribution is 0.0447. The van der Waals surface area contributed by atoms with Crippen molar-refractivity contribution in [3.63, 3.8) is 0 Å². The predicted molar refractivity (Wildman–Crippen MR) is 129 cm³/mol. The Labute approximate surface area is 204 Å². The van der Waals surface area contributed by atoms with Crippen molar-refractivity contribution in [2.24, 2.45) is 0 Å². The number of carbonyl (C=O) groups is 1. The van der Waals surface area contributed by atoms with E-state index in [0.717, 1.165) is 11.1 Å². The van der Waals surface area contributed by atoms with Crippen LogP contribution in [0.15, 0.2) is 66.7 Å². The lowest BCUT2D eigenvalue weighted by Gasteiger charge is -2.19. The van der Waals surface area contributed by atoms with E-state index in [0.29, 0.717) is 24.5 Å². The number of carbonyl (C=O) groups excluding carboxylic acids is 1. The lowest BCUT2D eigenvalue weighted by Crippen LogP contribution is -2.25. The number of methoxy groups -OCH3 is 2. The van der Waals surface area contributed by atoms with Gasteiger partial charge < -0.3 is 29.0 Å². The van der Waals surface area contributed by atoms with Gasteiger partial charge in [0.2, 0.25) is 0 Å². The van der Waals surface area contributed by atoms with Crippen molar-refractivity contribution in [1.29, 1.82) is 0 Å². The summed E-state index contributed by atoms with van der Waals surface area (Å²) in [5.41, 5.74) is 2.67. The molecule has 7 nitrogen and oxygen atoms in total. The van der Waals surface area contributed by atoms with Crippen molar-refractivity contribution < 1.29 is 28.5 Å². The van der Waals surface area contributed by atoms with Crippen LogP contribution in [0.4, 0.5) is 0 Å². The molecule has 0 bridgehead atoms. The molecule has 1 N–H and O–H groups in total. The second-order valence-corrected chi connectivity index (χ2v) is 7.67. The molecule has 180 valence electrons. The Morgan fingerprint density at radius 3 is 2.03 bits per heavy atom. The van der Waals surface area contributed by atoms with Crippen LogP contribution in [0.2, 0.25) is 5.02 Å². The number of rotatable bonds is 13. The molecule has 3 aromatic carbocycles. The van der Waals surface area contributed by atoms with Crippen molar-refractivity contribution in [2.75, 3.05) is 27.8 Å². The average molecular weight is 486 g/mol. The van der Waals surface area contributed by atoms with E-state index in [2.05, 4.69) is 5.32 Å². The third-order valence-electron chi connectivity index (χ3n) is 4.84. The summed E-state index contributed by atoms with van der Waals surface area (Å²) >= 11 is 6.67. The van der Waals surface area contributed by atoms with E-state index >= 15 is 0 Å². The molecule has 0 aliphatic rings. The second kappa shape index (κ2) is 13.6. The molecule has 1 amide bonds. The quantitative estimate of drug-likeness (QED) is 0.345. The highest BCUT2D eigenvalue weighted by molar-refractivity contribution is 6.33. The molecular formula is C26H28ClNO6. The minimum Gasteiger partial charge on any atom is -0.467 e. The average Bonchev–Trinajstić information content (AvgIpc) is 2.87. The number of amides is 1. The fourth-order valence-corrected chi connectivity index (χ4v) is 3.48. The molecular weight excluding hydrogens is 458 g/mol. The summed E-state index contributed by atoms with van der Waals surface area (Å²) in [6.07, 6.45) is 0. The lowest BCUT2D eigenvalue weighted by atomic mass is 10.0. The van der Waals surface area contributed by atoms with Crippen LogP contribution in [-0.2, 0) is 34.0 Å². The first kappa shape index (κ1) is 25.5. The highest BCUT2D eigenvalue weighted by atomic mass is 35.5. The van der Waals surface area contributed by atoms with Crippen LogP contribution in [0.3, 0.4) is 0 Å². The number of nitrogens with one attached hydrogen (secondary N) is 1. The third-order valence-corrected chi connectivity index (χ3v) is 5.25. The zero-order valence-electron chi connectivity index (χ0n) is 19.2. The van der Waals surface area contributed by atoms with Gasteiger partial charge in [0.25, 0.3) is 5.91 Å². The summed E-state index contributed by atoms with van der Waals surface area (Å²) in [5.74, 6) is 0.224. The minimum atomic E-state index is -0.353. The molecule has 0 radical (unpaired) electrons. The van der Waals surface area contributed by atoms with Gasteiger partial charge in [0.15, 0.2) is 13.6 Å². The highest BCUT2D eigenvalue weighted by Gasteiger charge is 2.24. The van der Waals surface area contributed by atoms with Crippen LogP contribution in [0, 0.1) is 0 Å². The largest absolute Gasteiger partial charge is 0.467 e. The summed E-state index contributed by atoms with van der Waals surface area (Å²) < 4.78 is 27.3. The fraction of sp³-hybridized carbons (Fsp3) is 0.269. The Balaban J connectivity index is 1.91. The highest BCUT2D eigenvalue weighted by Crippen LogP contribution is 2.38. The minimum absolute atomic E-state index is 0.0205. The molecule has 0 aromatic heterocycles. The normalized spacial score (nSPS) is 10.7. The van der Waals surface area contributed by atoms with Crippen molar-refractivity contribution in [1.82, 2.24) is 5.32 Å². The van der Waals surface area contributed by atoms with Gasteiger partial charge in [0.1, 0.15) is 11.5 Å². The third kappa shape index (κ3) is 7.20. The van der Waals surface area contributed by atoms with Gasteiger partial charge in [-0.15, -0.1) is 0 Å². The van der Waals surface area contributed by atoms with Gasteiger partial charge in [-0.3, -0.25) is 4.79 Å². The molecule has 0 saturated carbocycles. The van der Waals surface area contributed by atoms with E-state index in [-0.39, 0.29) is 42.4 Å². The first-order chi connectivity index (χ1) is 16.6. The van der Waals surface area contributed by atoms with Crippen LogP contribution >= 0.6 is 11.6 Å². The molecule has 0 atom stereocenters. The monoisotopic (exact) mass is 485 g/mol. The van der Waals surface area contributed by atoms with Crippen molar-refractivity contribution in [2.45, 2.75) is 19.8 Å². The van der Waals surface area contributed by atoms with Gasteiger partial charge in [-0.25, -0.2) is 0 Å². The molecule has 3 aromatic rings. The van der Waals surface area contributed by atoms with E-state index in [9.17, 15) is 4.79 Å². The molecule has 0 aliphatic carbocycles. The maximum Gasteiger partial charge on any atom is 0.255 e. The van der Waals surface area contributed by atoms with Gasteiger partial charge in [-0.05, 0) is 11.1 Å². The van der Waals surface area contributed by atoms with Crippen LogP contribution in [-0.4, -0.2) is 33.7 Å². The molecule has 3 rings (SSSR count). The van der Waals surface area contributed by atoms with Crippen LogP contribution in [0.5, 0.6) is 11.5 Å². The summed E-state index contributed by atoms with van der Waals surface area (Å²) in [5, 5.41) is 3.18. The number of benzene rings is 3. The maximum absolute atomic E-state index is 13.3.